The Balaban J connectivity index is 2.03. The van der Waals surface area contributed by atoms with Crippen molar-refractivity contribution in [1.82, 2.24) is 15.0 Å². The molecule has 4 heteroatoms. The van der Waals surface area contributed by atoms with Gasteiger partial charge in [0.2, 0.25) is 0 Å². The average molecular weight is 318 g/mol. The second kappa shape index (κ2) is 5.78. The summed E-state index contributed by atoms with van der Waals surface area (Å²) in [5, 5.41) is 0.564. The van der Waals surface area contributed by atoms with E-state index in [1.807, 2.05) is 66.7 Å². The molecule has 0 fully saturated rings. The van der Waals surface area contributed by atoms with Crippen molar-refractivity contribution in [3.05, 3.63) is 77.9 Å². The van der Waals surface area contributed by atoms with Gasteiger partial charge in [0, 0.05) is 17.3 Å². The topological polar surface area (TPSA) is 38.7 Å². The quantitative estimate of drug-likeness (QED) is 0.521. The number of hydrogen-bond acceptors (Lipinski definition) is 3. The van der Waals surface area contributed by atoms with Crippen LogP contribution in [0.15, 0.2) is 72.9 Å². The number of pyridine rings is 1. The number of aromatic nitrogens is 3. The van der Waals surface area contributed by atoms with Gasteiger partial charge in [0.25, 0.3) is 0 Å². The Labute approximate surface area is 138 Å². The van der Waals surface area contributed by atoms with E-state index < -0.39 is 0 Å². The molecule has 0 unspecified atom stereocenters. The maximum absolute atomic E-state index is 6.09. The summed E-state index contributed by atoms with van der Waals surface area (Å²) in [6, 6.07) is 21.7. The third-order valence-electron chi connectivity index (χ3n) is 3.58. The van der Waals surface area contributed by atoms with Crippen LogP contribution in [0.1, 0.15) is 0 Å². The van der Waals surface area contributed by atoms with Gasteiger partial charge in [0.1, 0.15) is 11.2 Å². The Kier molecular flexibility index (Phi) is 3.48. The van der Waals surface area contributed by atoms with Crippen LogP contribution in [0.2, 0.25) is 5.02 Å². The molecule has 4 aromatic rings. The van der Waals surface area contributed by atoms with E-state index in [1.165, 1.54) is 0 Å². The molecule has 110 valence electrons. The van der Waals surface area contributed by atoms with Crippen molar-refractivity contribution < 1.29 is 0 Å². The molecule has 0 bridgehead atoms. The van der Waals surface area contributed by atoms with Crippen molar-refractivity contribution >= 4 is 22.6 Å². The van der Waals surface area contributed by atoms with Crippen LogP contribution in [0.3, 0.4) is 0 Å². The van der Waals surface area contributed by atoms with Crippen molar-refractivity contribution in [2.24, 2.45) is 0 Å². The second-order valence-electron chi connectivity index (χ2n) is 5.15. The van der Waals surface area contributed by atoms with Crippen molar-refractivity contribution in [1.29, 1.82) is 0 Å². The Morgan fingerprint density at radius 1 is 0.739 bits per heavy atom. The number of fused-ring (bicyclic) bond motifs is 1. The lowest BCUT2D eigenvalue weighted by molar-refractivity contribution is 1.20. The highest BCUT2D eigenvalue weighted by atomic mass is 35.5. The molecule has 0 N–H and O–H groups in total. The zero-order valence-corrected chi connectivity index (χ0v) is 12.9. The SMILES string of the molecule is Clc1cnc2c(-c3ccccc3)nc(-c3ccccc3)nc2c1. The molecular formula is C19H12ClN3. The van der Waals surface area contributed by atoms with Gasteiger partial charge in [-0.2, -0.15) is 0 Å². The summed E-state index contributed by atoms with van der Waals surface area (Å²) in [6.45, 7) is 0. The molecule has 2 aromatic heterocycles. The molecule has 0 aliphatic carbocycles. The van der Waals surface area contributed by atoms with Gasteiger partial charge in [0.15, 0.2) is 5.82 Å². The van der Waals surface area contributed by atoms with Crippen molar-refractivity contribution in [2.45, 2.75) is 0 Å². The molecule has 0 atom stereocenters. The Morgan fingerprint density at radius 2 is 1.39 bits per heavy atom. The average Bonchev–Trinajstić information content (AvgIpc) is 2.62. The predicted molar refractivity (Wildman–Crippen MR) is 93.2 cm³/mol. The van der Waals surface area contributed by atoms with Crippen LogP contribution in [0.4, 0.5) is 0 Å². The lowest BCUT2D eigenvalue weighted by Gasteiger charge is -2.08. The Hall–Kier alpha value is -2.78. The molecule has 0 spiro atoms. The van der Waals surface area contributed by atoms with E-state index >= 15 is 0 Å². The standard InChI is InChI=1S/C19H12ClN3/c20-15-11-16-18(21-12-15)17(13-7-3-1-4-8-13)23-19(22-16)14-9-5-2-6-10-14/h1-12H. The minimum absolute atomic E-state index is 0.564. The zero-order valence-electron chi connectivity index (χ0n) is 12.1. The first-order valence-corrected chi connectivity index (χ1v) is 7.63. The van der Waals surface area contributed by atoms with Crippen molar-refractivity contribution in [3.63, 3.8) is 0 Å². The van der Waals surface area contributed by atoms with Crippen LogP contribution in [-0.4, -0.2) is 15.0 Å². The van der Waals surface area contributed by atoms with E-state index in [2.05, 4.69) is 9.97 Å². The largest absolute Gasteiger partial charge is 0.251 e. The molecule has 0 saturated carbocycles. The summed E-state index contributed by atoms with van der Waals surface area (Å²) in [4.78, 5) is 13.8. The van der Waals surface area contributed by atoms with Crippen molar-refractivity contribution in [2.75, 3.05) is 0 Å². The predicted octanol–water partition coefficient (Wildman–Crippen LogP) is 5.01. The van der Waals surface area contributed by atoms with Crippen molar-refractivity contribution in [3.8, 4) is 22.6 Å². The van der Waals surface area contributed by atoms with Crippen LogP contribution in [0.5, 0.6) is 0 Å². The third kappa shape index (κ3) is 2.67. The van der Waals surface area contributed by atoms with E-state index in [1.54, 1.807) is 6.20 Å². The molecule has 0 radical (unpaired) electrons. The molecule has 3 nitrogen and oxygen atoms in total. The van der Waals surface area contributed by atoms with Gasteiger partial charge in [-0.15, -0.1) is 0 Å². The van der Waals surface area contributed by atoms with Crippen LogP contribution >= 0.6 is 11.6 Å². The fourth-order valence-electron chi connectivity index (χ4n) is 2.51. The Morgan fingerprint density at radius 3 is 2.09 bits per heavy atom. The fraction of sp³-hybridized carbons (Fsp3) is 0. The van der Waals surface area contributed by atoms with Gasteiger partial charge in [-0.25, -0.2) is 9.97 Å². The molecular weight excluding hydrogens is 306 g/mol. The number of halogens is 1. The number of benzene rings is 2. The Bertz CT molecular complexity index is 970. The van der Waals surface area contributed by atoms with E-state index in [9.17, 15) is 0 Å². The third-order valence-corrected chi connectivity index (χ3v) is 3.79. The maximum atomic E-state index is 6.09. The van der Waals surface area contributed by atoms with E-state index in [0.717, 1.165) is 27.9 Å². The lowest BCUT2D eigenvalue weighted by atomic mass is 10.1. The van der Waals surface area contributed by atoms with Crippen LogP contribution in [-0.2, 0) is 0 Å². The number of hydrogen-bond donors (Lipinski definition) is 0. The van der Waals surface area contributed by atoms with E-state index in [4.69, 9.17) is 16.6 Å². The second-order valence-corrected chi connectivity index (χ2v) is 5.59. The lowest BCUT2D eigenvalue weighted by Crippen LogP contribution is -1.96. The van der Waals surface area contributed by atoms with Gasteiger partial charge in [-0.1, -0.05) is 72.3 Å². The minimum Gasteiger partial charge on any atom is -0.251 e. The summed E-state index contributed by atoms with van der Waals surface area (Å²) in [6.07, 6.45) is 1.63. The minimum atomic E-state index is 0.564. The van der Waals surface area contributed by atoms with Gasteiger partial charge >= 0.3 is 0 Å². The normalized spacial score (nSPS) is 10.8. The monoisotopic (exact) mass is 317 g/mol. The van der Waals surface area contributed by atoms with Crippen LogP contribution < -0.4 is 0 Å². The summed E-state index contributed by atoms with van der Waals surface area (Å²) in [7, 11) is 0. The maximum Gasteiger partial charge on any atom is 0.160 e. The molecule has 0 aliphatic rings. The number of nitrogens with zero attached hydrogens (tertiary/aromatic N) is 3. The fourth-order valence-corrected chi connectivity index (χ4v) is 2.66. The highest BCUT2D eigenvalue weighted by Crippen LogP contribution is 2.28. The molecule has 0 amide bonds. The zero-order chi connectivity index (χ0) is 15.6. The highest BCUT2D eigenvalue weighted by molar-refractivity contribution is 6.31. The first-order chi connectivity index (χ1) is 11.3. The summed E-state index contributed by atoms with van der Waals surface area (Å²) < 4.78 is 0. The first kappa shape index (κ1) is 13.9. The van der Waals surface area contributed by atoms with E-state index in [-0.39, 0.29) is 0 Å². The smallest absolute Gasteiger partial charge is 0.160 e. The van der Waals surface area contributed by atoms with Crippen LogP contribution in [0, 0.1) is 0 Å². The summed E-state index contributed by atoms with van der Waals surface area (Å²) in [5.41, 5.74) is 4.27. The molecule has 0 saturated heterocycles. The summed E-state index contributed by atoms with van der Waals surface area (Å²) >= 11 is 6.09. The van der Waals surface area contributed by atoms with Gasteiger partial charge in [-0.3, -0.25) is 4.98 Å². The molecule has 4 rings (SSSR count). The van der Waals surface area contributed by atoms with Gasteiger partial charge in [-0.05, 0) is 6.07 Å². The van der Waals surface area contributed by atoms with Gasteiger partial charge in [0.05, 0.1) is 10.5 Å². The van der Waals surface area contributed by atoms with Gasteiger partial charge < -0.3 is 0 Å². The molecule has 2 heterocycles. The van der Waals surface area contributed by atoms with E-state index in [0.29, 0.717) is 10.8 Å². The number of rotatable bonds is 2. The molecule has 2 aromatic carbocycles. The first-order valence-electron chi connectivity index (χ1n) is 7.25. The summed E-state index contributed by atoms with van der Waals surface area (Å²) in [5.74, 6) is 0.668. The molecule has 23 heavy (non-hydrogen) atoms. The highest BCUT2D eigenvalue weighted by Gasteiger charge is 2.12. The van der Waals surface area contributed by atoms with Crippen LogP contribution in [0.25, 0.3) is 33.7 Å². The molecule has 0 aliphatic heterocycles.